The van der Waals surface area contributed by atoms with E-state index in [2.05, 4.69) is 4.90 Å². The molecule has 3 aromatic carbocycles. The number of thioether (sulfide) groups is 1. The van der Waals surface area contributed by atoms with Crippen molar-refractivity contribution < 1.29 is 38.4 Å². The highest BCUT2D eigenvalue weighted by Crippen LogP contribution is 2.37. The van der Waals surface area contributed by atoms with E-state index in [0.29, 0.717) is 76.6 Å². The molecule has 0 atom stereocenters. The lowest BCUT2D eigenvalue weighted by Gasteiger charge is -2.26. The van der Waals surface area contributed by atoms with Gasteiger partial charge in [0, 0.05) is 31.7 Å². The predicted molar refractivity (Wildman–Crippen MR) is 191 cm³/mol. The van der Waals surface area contributed by atoms with Gasteiger partial charge in [-0.1, -0.05) is 47.7 Å². The molecular formula is C35H37ClN2O8S2. The molecule has 2 aliphatic rings. The zero-order valence-electron chi connectivity index (χ0n) is 26.7. The Morgan fingerprint density at radius 3 is 2.38 bits per heavy atom. The first-order valence-electron chi connectivity index (χ1n) is 15.6. The molecule has 0 aromatic heterocycles. The molecule has 0 radical (unpaired) electrons. The number of halogens is 1. The summed E-state index contributed by atoms with van der Waals surface area (Å²) < 4.78 is 28.9. The number of nitrogens with zero attached hydrogens (tertiary/aromatic N) is 2. The van der Waals surface area contributed by atoms with Gasteiger partial charge in [-0.25, -0.2) is 4.79 Å². The molecule has 2 aliphatic heterocycles. The SMILES string of the molecule is CCOc1ccc(-c2ccc(OCCN3CCOCC3)c(C=C3SC(=S)N(CCCOc4ccc(C(=O)O)cc4OC)C3=O)c2)cc1Cl. The van der Waals surface area contributed by atoms with Crippen LogP contribution in [0.1, 0.15) is 29.3 Å². The van der Waals surface area contributed by atoms with Crippen LogP contribution in [-0.4, -0.2) is 97.4 Å². The smallest absolute Gasteiger partial charge is 0.335 e. The van der Waals surface area contributed by atoms with Gasteiger partial charge in [-0.2, -0.15) is 0 Å². The van der Waals surface area contributed by atoms with Gasteiger partial charge in [0.2, 0.25) is 0 Å². The van der Waals surface area contributed by atoms with Crippen LogP contribution in [0, 0.1) is 0 Å². The summed E-state index contributed by atoms with van der Waals surface area (Å²) in [5.41, 5.74) is 2.66. The van der Waals surface area contributed by atoms with Gasteiger partial charge in [-0.05, 0) is 73.0 Å². The quantitative estimate of drug-likeness (QED) is 0.106. The van der Waals surface area contributed by atoms with E-state index in [1.165, 1.54) is 31.0 Å². The molecule has 0 saturated carbocycles. The Morgan fingerprint density at radius 2 is 1.67 bits per heavy atom. The Labute approximate surface area is 294 Å². The number of rotatable bonds is 15. The molecule has 0 unspecified atom stereocenters. The molecule has 0 bridgehead atoms. The number of amides is 1. The molecule has 2 heterocycles. The number of thiocarbonyl (C=S) groups is 1. The summed E-state index contributed by atoms with van der Waals surface area (Å²) in [6.45, 7) is 7.46. The molecule has 1 N–H and O–H groups in total. The summed E-state index contributed by atoms with van der Waals surface area (Å²) in [5, 5.41) is 9.74. The van der Waals surface area contributed by atoms with Crippen LogP contribution in [0.4, 0.5) is 0 Å². The summed E-state index contributed by atoms with van der Waals surface area (Å²) in [5.74, 6) is 0.772. The van der Waals surface area contributed by atoms with E-state index in [0.717, 1.165) is 36.3 Å². The van der Waals surface area contributed by atoms with Crippen molar-refractivity contribution in [3.8, 4) is 34.1 Å². The van der Waals surface area contributed by atoms with Gasteiger partial charge < -0.3 is 28.8 Å². The lowest BCUT2D eigenvalue weighted by Crippen LogP contribution is -2.38. The second-order valence-electron chi connectivity index (χ2n) is 10.8. The molecular weight excluding hydrogens is 676 g/mol. The van der Waals surface area contributed by atoms with E-state index in [-0.39, 0.29) is 18.1 Å². The summed E-state index contributed by atoms with van der Waals surface area (Å²) in [7, 11) is 1.45. The van der Waals surface area contributed by atoms with Crippen LogP contribution in [0.15, 0.2) is 59.5 Å². The van der Waals surface area contributed by atoms with Crippen LogP contribution in [0.3, 0.4) is 0 Å². The number of methoxy groups -OCH3 is 1. The minimum Gasteiger partial charge on any atom is -0.493 e. The lowest BCUT2D eigenvalue weighted by molar-refractivity contribution is -0.122. The summed E-state index contributed by atoms with van der Waals surface area (Å²) in [6, 6.07) is 16.0. The molecule has 1 amide bonds. The maximum absolute atomic E-state index is 13.6. The molecule has 254 valence electrons. The van der Waals surface area contributed by atoms with Gasteiger partial charge >= 0.3 is 5.97 Å². The van der Waals surface area contributed by atoms with Crippen LogP contribution < -0.4 is 18.9 Å². The van der Waals surface area contributed by atoms with E-state index in [9.17, 15) is 14.7 Å². The Bertz CT molecular complexity index is 1680. The molecule has 2 saturated heterocycles. The van der Waals surface area contributed by atoms with Crippen LogP contribution in [0.5, 0.6) is 23.0 Å². The van der Waals surface area contributed by atoms with Crippen LogP contribution >= 0.6 is 35.6 Å². The van der Waals surface area contributed by atoms with E-state index >= 15 is 0 Å². The highest BCUT2D eigenvalue weighted by molar-refractivity contribution is 8.26. The molecule has 13 heteroatoms. The fourth-order valence-corrected chi connectivity index (χ4v) is 6.73. The molecule has 3 aromatic rings. The van der Waals surface area contributed by atoms with Gasteiger partial charge in [0.1, 0.15) is 22.4 Å². The first kappa shape index (κ1) is 35.5. The number of carbonyl (C=O) groups excluding carboxylic acids is 1. The number of hydrogen-bond donors (Lipinski definition) is 1. The number of hydrogen-bond acceptors (Lipinski definition) is 10. The number of carboxylic acids is 1. The van der Waals surface area contributed by atoms with E-state index < -0.39 is 5.97 Å². The highest BCUT2D eigenvalue weighted by atomic mass is 35.5. The van der Waals surface area contributed by atoms with Gasteiger partial charge in [-0.15, -0.1) is 0 Å². The van der Waals surface area contributed by atoms with Crippen molar-refractivity contribution in [1.29, 1.82) is 0 Å². The van der Waals surface area contributed by atoms with Crippen molar-refractivity contribution in [1.82, 2.24) is 9.80 Å². The molecule has 2 fully saturated rings. The molecule has 0 spiro atoms. The zero-order chi connectivity index (χ0) is 34.0. The minimum absolute atomic E-state index is 0.100. The van der Waals surface area contributed by atoms with Gasteiger partial charge in [-0.3, -0.25) is 14.6 Å². The third-order valence-electron chi connectivity index (χ3n) is 7.70. The second-order valence-corrected chi connectivity index (χ2v) is 12.9. The largest absolute Gasteiger partial charge is 0.493 e. The fourth-order valence-electron chi connectivity index (χ4n) is 5.19. The average molecular weight is 713 g/mol. The normalized spacial score (nSPS) is 16.0. The Morgan fingerprint density at radius 1 is 0.958 bits per heavy atom. The number of benzene rings is 3. The summed E-state index contributed by atoms with van der Waals surface area (Å²) >= 11 is 13.3. The highest BCUT2D eigenvalue weighted by Gasteiger charge is 2.32. The molecule has 0 aliphatic carbocycles. The van der Waals surface area contributed by atoms with Crippen LogP contribution in [-0.2, 0) is 9.53 Å². The van der Waals surface area contributed by atoms with E-state index in [4.69, 9.17) is 47.5 Å². The van der Waals surface area contributed by atoms with Crippen molar-refractivity contribution in [2.75, 3.05) is 66.3 Å². The van der Waals surface area contributed by atoms with Crippen LogP contribution in [0.25, 0.3) is 17.2 Å². The van der Waals surface area contributed by atoms with Crippen molar-refractivity contribution in [2.24, 2.45) is 0 Å². The molecule has 10 nitrogen and oxygen atoms in total. The number of aromatic carboxylic acids is 1. The minimum atomic E-state index is -1.05. The first-order valence-corrected chi connectivity index (χ1v) is 17.2. The van der Waals surface area contributed by atoms with E-state index in [1.54, 1.807) is 11.0 Å². The predicted octanol–water partition coefficient (Wildman–Crippen LogP) is 6.49. The standard InChI is InChI=1S/C35H37ClN2O8S2/c1-3-44-29-9-6-24(20-27(29)36)23-5-8-28(46-18-14-37-12-16-43-17-13-37)26(19-23)22-32-33(39)38(35(47)48-32)11-4-15-45-30-10-7-25(34(40)41)21-31(30)42-2/h5-10,19-22H,3-4,11-18H2,1-2H3,(H,40,41). The Balaban J connectivity index is 1.30. The number of carboxylic acid groups (broad SMARTS) is 1. The zero-order valence-corrected chi connectivity index (χ0v) is 29.1. The van der Waals surface area contributed by atoms with Crippen molar-refractivity contribution in [3.63, 3.8) is 0 Å². The van der Waals surface area contributed by atoms with Crippen molar-refractivity contribution >= 4 is 57.9 Å². The maximum Gasteiger partial charge on any atom is 0.335 e. The number of ether oxygens (including phenoxy) is 5. The van der Waals surface area contributed by atoms with Crippen molar-refractivity contribution in [2.45, 2.75) is 13.3 Å². The molecule has 48 heavy (non-hydrogen) atoms. The first-order chi connectivity index (χ1) is 23.3. The van der Waals surface area contributed by atoms with Gasteiger partial charge in [0.15, 0.2) is 11.5 Å². The third-order valence-corrected chi connectivity index (χ3v) is 9.37. The lowest BCUT2D eigenvalue weighted by atomic mass is 10.0. The van der Waals surface area contributed by atoms with Gasteiger partial charge in [0.05, 0.1) is 49.0 Å². The second kappa shape index (κ2) is 17.0. The number of carbonyl (C=O) groups is 2. The average Bonchev–Trinajstić information content (AvgIpc) is 3.35. The van der Waals surface area contributed by atoms with Crippen molar-refractivity contribution in [3.05, 3.63) is 75.7 Å². The van der Waals surface area contributed by atoms with Crippen LogP contribution in [0.2, 0.25) is 5.02 Å². The monoisotopic (exact) mass is 712 g/mol. The summed E-state index contributed by atoms with van der Waals surface area (Å²) in [6.07, 6.45) is 2.32. The maximum atomic E-state index is 13.6. The van der Waals surface area contributed by atoms with E-state index in [1.807, 2.05) is 49.4 Å². The Hall–Kier alpha value is -3.81. The fraction of sp³-hybridized carbons (Fsp3) is 0.343. The number of morpholine rings is 1. The third kappa shape index (κ3) is 9.00. The summed E-state index contributed by atoms with van der Waals surface area (Å²) in [4.78, 5) is 29.2. The topological polar surface area (TPSA) is 107 Å². The van der Waals surface area contributed by atoms with Gasteiger partial charge in [0.25, 0.3) is 5.91 Å². The molecule has 5 rings (SSSR count). The Kier molecular flexibility index (Phi) is 12.6.